The molecule has 2 heterocycles. The third-order valence-electron chi connectivity index (χ3n) is 4.10. The molecule has 19 heteroatoms. The van der Waals surface area contributed by atoms with Crippen molar-refractivity contribution in [1.29, 1.82) is 0 Å². The minimum absolute atomic E-state index is 1.09. The summed E-state index contributed by atoms with van der Waals surface area (Å²) in [6.45, 7) is -2.19. The molecule has 31 heavy (non-hydrogen) atoms. The second-order valence-electron chi connectivity index (χ2n) is 6.33. The molecule has 2 aliphatic heterocycles. The fraction of sp³-hybridized carbons (Fsp3) is 0.833. The average molecular weight is 680 g/mol. The molecular formula is C12H20O17Sb2. The fourth-order valence-electron chi connectivity index (χ4n) is 2.61. The number of aliphatic hydroxyl groups excluding tert-OH is 6. The molecular weight excluding hydrogens is 660 g/mol. The molecule has 0 aromatic heterocycles. The molecule has 0 aromatic carbocycles. The van der Waals surface area contributed by atoms with Gasteiger partial charge in [-0.3, -0.25) is 0 Å². The molecule has 17 nitrogen and oxygen atoms in total. The van der Waals surface area contributed by atoms with Crippen molar-refractivity contribution in [1.82, 2.24) is 0 Å². The van der Waals surface area contributed by atoms with Crippen molar-refractivity contribution in [2.75, 3.05) is 13.2 Å². The molecule has 2 saturated heterocycles. The topological polar surface area (TPSA) is 276 Å². The van der Waals surface area contributed by atoms with Gasteiger partial charge < -0.3 is 0 Å². The predicted octanol–water partition coefficient (Wildman–Crippen LogP) is -6.10. The van der Waals surface area contributed by atoms with Crippen LogP contribution in [0, 0.1) is 0 Å². The van der Waals surface area contributed by atoms with Gasteiger partial charge >= 0.3 is 184 Å². The summed E-state index contributed by atoms with van der Waals surface area (Å²) in [6.07, 6.45) is -17.1. The molecule has 0 radical (unpaired) electrons. The molecule has 0 amide bonds. The van der Waals surface area contributed by atoms with E-state index in [2.05, 4.69) is 7.32 Å². The maximum absolute atomic E-state index is 12.9. The van der Waals surface area contributed by atoms with E-state index in [-0.39, 0.29) is 0 Å². The summed E-state index contributed by atoms with van der Waals surface area (Å²) < 4.78 is 49.3. The van der Waals surface area contributed by atoms with Crippen LogP contribution in [-0.2, 0) is 29.0 Å². The van der Waals surface area contributed by atoms with Gasteiger partial charge in [0.05, 0.1) is 0 Å². The van der Waals surface area contributed by atoms with Gasteiger partial charge in [0.25, 0.3) is 0 Å². The monoisotopic (exact) mass is 678 g/mol. The van der Waals surface area contributed by atoms with Crippen LogP contribution >= 0.6 is 0 Å². The molecule has 180 valence electrons. The summed E-state index contributed by atoms with van der Waals surface area (Å²) >= 11 is -13.0. The van der Waals surface area contributed by atoms with Crippen LogP contribution in [0.1, 0.15) is 0 Å². The maximum atomic E-state index is 12.9. The van der Waals surface area contributed by atoms with Crippen LogP contribution in [0.2, 0.25) is 0 Å². The van der Waals surface area contributed by atoms with E-state index in [1.54, 1.807) is 0 Å². The number of carbonyl (C=O) groups is 2. The zero-order valence-electron chi connectivity index (χ0n) is 15.2. The number of carboxylic acids is 2. The summed E-state index contributed by atoms with van der Waals surface area (Å²) in [5, 5.41) is 75.6. The third-order valence-corrected chi connectivity index (χ3v) is 18.5. The second-order valence-corrected chi connectivity index (χ2v) is 17.4. The van der Waals surface area contributed by atoms with Crippen LogP contribution in [0.15, 0.2) is 0 Å². The van der Waals surface area contributed by atoms with Gasteiger partial charge in [-0.15, -0.1) is 0 Å². The number of carboxylic acid groups (broad SMARTS) is 2. The quantitative estimate of drug-likeness (QED) is 0.111. The number of hydrogen-bond donors (Lipinski definition) is 8. The van der Waals surface area contributed by atoms with Gasteiger partial charge in [-0.1, -0.05) is 0 Å². The summed E-state index contributed by atoms with van der Waals surface area (Å²) in [5.41, 5.74) is 0. The molecule has 8 N–H and O–H groups in total. The van der Waals surface area contributed by atoms with Gasteiger partial charge in [-0.25, -0.2) is 0 Å². The van der Waals surface area contributed by atoms with Crippen LogP contribution in [-0.4, -0.2) is 155 Å². The summed E-state index contributed by atoms with van der Waals surface area (Å²) in [7, 11) is 0. The van der Waals surface area contributed by atoms with Crippen molar-refractivity contribution in [2.24, 2.45) is 0 Å². The Kier molecular flexibility index (Phi) is 9.00. The van der Waals surface area contributed by atoms with E-state index >= 15 is 0 Å². The van der Waals surface area contributed by atoms with Gasteiger partial charge in [0.2, 0.25) is 0 Å². The first-order chi connectivity index (χ1) is 14.3. The SMILES string of the molecule is O=C(O)C1[O][Sb](=[O])([O][Sb]2(=[O])[O]C(C(=O)O)C(O)C(C(O)CO)[O]2)[O]C(C(O)CO)C1O. The molecule has 8 unspecified atom stereocenters. The van der Waals surface area contributed by atoms with Crippen LogP contribution in [0.5, 0.6) is 0 Å². The van der Waals surface area contributed by atoms with Crippen molar-refractivity contribution in [3.63, 3.8) is 0 Å². The Balaban J connectivity index is 2.38. The Bertz CT molecular complexity index is 710. The molecule has 0 aliphatic carbocycles. The van der Waals surface area contributed by atoms with E-state index in [1.165, 1.54) is 0 Å². The number of rotatable bonds is 8. The van der Waals surface area contributed by atoms with Gasteiger partial charge in [0.15, 0.2) is 0 Å². The summed E-state index contributed by atoms with van der Waals surface area (Å²) in [6, 6.07) is 0. The van der Waals surface area contributed by atoms with Gasteiger partial charge in [-0.2, -0.15) is 0 Å². The van der Waals surface area contributed by atoms with Gasteiger partial charge in [0.1, 0.15) is 0 Å². The molecule has 0 bridgehead atoms. The summed E-state index contributed by atoms with van der Waals surface area (Å²) in [5.74, 6) is -3.81. The Morgan fingerprint density at radius 1 is 0.774 bits per heavy atom. The zero-order valence-corrected chi connectivity index (χ0v) is 20.3. The number of hydrogen-bond acceptors (Lipinski definition) is 15. The first kappa shape index (κ1) is 27.0. The van der Waals surface area contributed by atoms with Crippen LogP contribution in [0.4, 0.5) is 0 Å². The molecule has 2 aliphatic rings. The standard InChI is InChI=1S/2C6H10O7.3O.2Sb/c2*7-1-2(8)3(9)4(10)5(11)6(12)13;;;;;/h2*2-5,7-8,10H,1H2,(H,12,13);;;;;/q2*-2;;;;2*+2. The normalized spacial score (nSPS) is 43.2. The molecule has 2 fully saturated rings. The molecule has 2 rings (SSSR count). The van der Waals surface area contributed by atoms with Crippen molar-refractivity contribution < 1.29 is 69.8 Å². The second kappa shape index (κ2) is 10.3. The summed E-state index contributed by atoms with van der Waals surface area (Å²) in [4.78, 5) is 22.6. The van der Waals surface area contributed by atoms with E-state index in [4.69, 9.17) is 26.5 Å². The van der Waals surface area contributed by atoms with Crippen LogP contribution in [0.25, 0.3) is 0 Å². The van der Waals surface area contributed by atoms with Crippen molar-refractivity contribution in [3.8, 4) is 0 Å². The molecule has 0 spiro atoms. The van der Waals surface area contributed by atoms with E-state index in [0.29, 0.717) is 0 Å². The van der Waals surface area contributed by atoms with Crippen molar-refractivity contribution in [3.05, 3.63) is 0 Å². The minimum atomic E-state index is -6.51. The number of aliphatic hydroxyl groups is 6. The molecule has 8 atom stereocenters. The zero-order chi connectivity index (χ0) is 23.7. The fourth-order valence-corrected chi connectivity index (χ4v) is 17.7. The Labute approximate surface area is 183 Å². The number of aliphatic carboxylic acids is 2. The van der Waals surface area contributed by atoms with Crippen molar-refractivity contribution >= 4 is 52.0 Å². The Morgan fingerprint density at radius 2 is 1.10 bits per heavy atom. The van der Waals surface area contributed by atoms with Crippen LogP contribution in [0.3, 0.4) is 0 Å². The van der Waals surface area contributed by atoms with E-state index in [9.17, 15) is 36.1 Å². The third kappa shape index (κ3) is 6.00. The van der Waals surface area contributed by atoms with Gasteiger partial charge in [0, 0.05) is 0 Å². The van der Waals surface area contributed by atoms with E-state index < -0.39 is 114 Å². The molecule has 0 saturated carbocycles. The van der Waals surface area contributed by atoms with Crippen molar-refractivity contribution in [2.45, 2.75) is 48.8 Å². The molecule has 0 aromatic rings. The van der Waals surface area contributed by atoms with Crippen LogP contribution < -0.4 is 0 Å². The Hall–Kier alpha value is -0.264. The van der Waals surface area contributed by atoms with Gasteiger partial charge in [-0.05, 0) is 0 Å². The van der Waals surface area contributed by atoms with E-state index in [0.717, 1.165) is 0 Å². The Morgan fingerprint density at radius 3 is 1.35 bits per heavy atom. The first-order valence-corrected chi connectivity index (χ1v) is 16.7. The average Bonchev–Trinajstić information content (AvgIpc) is 2.69. The van der Waals surface area contributed by atoms with E-state index in [1.807, 2.05) is 0 Å². The first-order valence-electron chi connectivity index (χ1n) is 8.32. The predicted molar refractivity (Wildman–Crippen MR) is 86.9 cm³/mol.